The first-order chi connectivity index (χ1) is 18.1. The molecular weight excluding hydrogens is 508 g/mol. The number of azo groups is 2. The molecule has 4 aromatic rings. The Kier molecular flexibility index (Phi) is 9.06. The minimum absolute atomic E-state index is 0.156. The maximum atomic E-state index is 11.0. The summed E-state index contributed by atoms with van der Waals surface area (Å²) in [7, 11) is 0. The topological polar surface area (TPSA) is 101 Å². The van der Waals surface area contributed by atoms with Crippen LogP contribution in [0.1, 0.15) is 13.8 Å². The Hall–Kier alpha value is -3.96. The van der Waals surface area contributed by atoms with Crippen LogP contribution in [0.25, 0.3) is 9.53 Å². The van der Waals surface area contributed by atoms with Crippen molar-refractivity contribution in [1.82, 2.24) is 4.98 Å². The standard InChI is InChI=1S/C26H26N6O3S2/c1-4-24(33)35-16-15-34-21-13-9-19(10-14-21)28-30-23-17-22-25(37-23)27-26(36-22)31-29-18-7-11-20(12-8-18)32(5-2)6-3/h4,7-14,17H,1,5-6,15-16H2,2-3H3. The number of ether oxygens (including phenoxy) is 2. The van der Waals surface area contributed by atoms with Crippen molar-refractivity contribution in [3.8, 4) is 5.75 Å². The Morgan fingerprint density at radius 3 is 2.27 bits per heavy atom. The number of hydrogen-bond acceptors (Lipinski definition) is 11. The third-order valence-corrected chi connectivity index (χ3v) is 7.09. The molecule has 0 saturated carbocycles. The summed E-state index contributed by atoms with van der Waals surface area (Å²) in [6.45, 7) is 9.97. The molecule has 37 heavy (non-hydrogen) atoms. The minimum Gasteiger partial charge on any atom is -0.490 e. The van der Waals surface area contributed by atoms with Gasteiger partial charge in [0.15, 0.2) is 0 Å². The molecule has 190 valence electrons. The second-order valence-corrected chi connectivity index (χ2v) is 9.57. The van der Waals surface area contributed by atoms with Gasteiger partial charge in [-0.05, 0) is 68.4 Å². The summed E-state index contributed by atoms with van der Waals surface area (Å²) >= 11 is 2.91. The third kappa shape index (κ3) is 7.28. The Bertz CT molecular complexity index is 1360. The van der Waals surface area contributed by atoms with Crippen LogP contribution in [0.3, 0.4) is 0 Å². The average Bonchev–Trinajstić information content (AvgIpc) is 3.49. The van der Waals surface area contributed by atoms with Gasteiger partial charge < -0.3 is 14.4 Å². The average molecular weight is 535 g/mol. The molecule has 0 N–H and O–H groups in total. The highest BCUT2D eigenvalue weighted by Crippen LogP contribution is 2.39. The number of carbonyl (C=O) groups is 1. The van der Waals surface area contributed by atoms with E-state index in [0.717, 1.165) is 39.4 Å². The predicted molar refractivity (Wildman–Crippen MR) is 149 cm³/mol. The number of anilines is 1. The van der Waals surface area contributed by atoms with Crippen molar-refractivity contribution in [3.63, 3.8) is 0 Å². The van der Waals surface area contributed by atoms with Crippen molar-refractivity contribution >= 4 is 65.4 Å². The fourth-order valence-corrected chi connectivity index (χ4v) is 5.15. The van der Waals surface area contributed by atoms with E-state index in [1.807, 2.05) is 18.2 Å². The summed E-state index contributed by atoms with van der Waals surface area (Å²) in [5.41, 5.74) is 2.65. The van der Waals surface area contributed by atoms with Crippen LogP contribution in [0.4, 0.5) is 27.2 Å². The first-order valence-corrected chi connectivity index (χ1v) is 13.3. The molecule has 0 fully saturated rings. The van der Waals surface area contributed by atoms with E-state index in [0.29, 0.717) is 16.6 Å². The lowest BCUT2D eigenvalue weighted by atomic mass is 10.2. The molecular formula is C26H26N6O3S2. The number of nitrogens with zero attached hydrogens (tertiary/aromatic N) is 6. The summed E-state index contributed by atoms with van der Waals surface area (Å²) < 4.78 is 11.4. The molecule has 0 saturated heterocycles. The fraction of sp³-hybridized carbons (Fsp3) is 0.231. The Morgan fingerprint density at radius 2 is 1.62 bits per heavy atom. The van der Waals surface area contributed by atoms with Gasteiger partial charge in [0.2, 0.25) is 5.13 Å². The highest BCUT2D eigenvalue weighted by molar-refractivity contribution is 7.30. The van der Waals surface area contributed by atoms with Crippen molar-refractivity contribution in [2.75, 3.05) is 31.2 Å². The van der Waals surface area contributed by atoms with Crippen LogP contribution < -0.4 is 9.64 Å². The molecule has 0 unspecified atom stereocenters. The number of rotatable bonds is 12. The first kappa shape index (κ1) is 26.1. The van der Waals surface area contributed by atoms with Gasteiger partial charge >= 0.3 is 5.97 Å². The van der Waals surface area contributed by atoms with Crippen molar-refractivity contribution in [1.29, 1.82) is 0 Å². The number of esters is 1. The molecule has 0 aliphatic carbocycles. The molecule has 0 radical (unpaired) electrons. The van der Waals surface area contributed by atoms with Crippen molar-refractivity contribution in [2.24, 2.45) is 20.5 Å². The summed E-state index contributed by atoms with van der Waals surface area (Å²) in [5.74, 6) is 0.177. The van der Waals surface area contributed by atoms with E-state index in [9.17, 15) is 4.79 Å². The summed E-state index contributed by atoms with van der Waals surface area (Å²) in [6.07, 6.45) is 1.12. The van der Waals surface area contributed by atoms with Gasteiger partial charge in [0.1, 0.15) is 28.8 Å². The summed E-state index contributed by atoms with van der Waals surface area (Å²) in [5, 5.41) is 18.6. The van der Waals surface area contributed by atoms with Gasteiger partial charge in [-0.1, -0.05) is 29.3 Å². The third-order valence-electron chi connectivity index (χ3n) is 5.16. The van der Waals surface area contributed by atoms with Crippen LogP contribution in [0.5, 0.6) is 5.75 Å². The van der Waals surface area contributed by atoms with Gasteiger partial charge in [0.05, 0.1) is 16.1 Å². The number of fused-ring (bicyclic) bond motifs is 1. The molecule has 0 aliphatic heterocycles. The van der Waals surface area contributed by atoms with Crippen LogP contribution in [-0.4, -0.2) is 37.3 Å². The van der Waals surface area contributed by atoms with E-state index in [4.69, 9.17) is 9.47 Å². The van der Waals surface area contributed by atoms with Gasteiger partial charge in [0, 0.05) is 24.9 Å². The minimum atomic E-state index is -0.472. The monoisotopic (exact) mass is 534 g/mol. The molecule has 4 rings (SSSR count). The van der Waals surface area contributed by atoms with Crippen LogP contribution in [-0.2, 0) is 9.53 Å². The second kappa shape index (κ2) is 12.8. The van der Waals surface area contributed by atoms with Crippen LogP contribution >= 0.6 is 22.7 Å². The Labute approximate surface area is 222 Å². The van der Waals surface area contributed by atoms with Crippen molar-refractivity contribution in [2.45, 2.75) is 13.8 Å². The molecule has 0 amide bonds. The van der Waals surface area contributed by atoms with E-state index >= 15 is 0 Å². The van der Waals surface area contributed by atoms with E-state index in [1.54, 1.807) is 24.3 Å². The van der Waals surface area contributed by atoms with Crippen molar-refractivity contribution < 1.29 is 14.3 Å². The lowest BCUT2D eigenvalue weighted by Gasteiger charge is -2.20. The molecule has 0 bridgehead atoms. The van der Waals surface area contributed by atoms with Crippen molar-refractivity contribution in [3.05, 3.63) is 67.3 Å². The second-order valence-electron chi connectivity index (χ2n) is 7.55. The Morgan fingerprint density at radius 1 is 0.946 bits per heavy atom. The smallest absolute Gasteiger partial charge is 0.330 e. The predicted octanol–water partition coefficient (Wildman–Crippen LogP) is 8.14. The van der Waals surface area contributed by atoms with E-state index in [1.165, 1.54) is 28.4 Å². The maximum absolute atomic E-state index is 11.0. The molecule has 2 aromatic carbocycles. The lowest BCUT2D eigenvalue weighted by molar-refractivity contribution is -0.138. The van der Waals surface area contributed by atoms with Gasteiger partial charge in [-0.2, -0.15) is 0 Å². The quantitative estimate of drug-likeness (QED) is 0.0790. The number of carbonyl (C=O) groups excluding carboxylic acids is 1. The highest BCUT2D eigenvalue weighted by atomic mass is 32.1. The lowest BCUT2D eigenvalue weighted by Crippen LogP contribution is -2.21. The first-order valence-electron chi connectivity index (χ1n) is 11.7. The Balaban J connectivity index is 1.31. The molecule has 0 spiro atoms. The molecule has 0 aliphatic rings. The number of thiazole rings is 1. The van der Waals surface area contributed by atoms with Crippen LogP contribution in [0, 0.1) is 0 Å². The number of benzene rings is 2. The molecule has 2 heterocycles. The van der Waals surface area contributed by atoms with E-state index in [2.05, 4.69) is 62.9 Å². The summed E-state index contributed by atoms with van der Waals surface area (Å²) in [6, 6.07) is 17.2. The fourth-order valence-electron chi connectivity index (χ4n) is 3.30. The maximum Gasteiger partial charge on any atom is 0.330 e. The van der Waals surface area contributed by atoms with Gasteiger partial charge in [0.25, 0.3) is 0 Å². The molecule has 11 heteroatoms. The zero-order valence-corrected chi connectivity index (χ0v) is 22.2. The summed E-state index contributed by atoms with van der Waals surface area (Å²) in [4.78, 5) is 18.7. The molecule has 2 aromatic heterocycles. The highest BCUT2D eigenvalue weighted by Gasteiger charge is 2.09. The number of aromatic nitrogens is 1. The van der Waals surface area contributed by atoms with Crippen LogP contribution in [0.2, 0.25) is 0 Å². The van der Waals surface area contributed by atoms with Gasteiger partial charge in [-0.3, -0.25) is 0 Å². The van der Waals surface area contributed by atoms with E-state index in [-0.39, 0.29) is 13.2 Å². The zero-order valence-electron chi connectivity index (χ0n) is 20.5. The largest absolute Gasteiger partial charge is 0.490 e. The zero-order chi connectivity index (χ0) is 26.0. The normalized spacial score (nSPS) is 11.4. The van der Waals surface area contributed by atoms with E-state index < -0.39 is 5.97 Å². The SMILES string of the molecule is C=CC(=O)OCCOc1ccc(N=Nc2cc3sc(N=Nc4ccc(N(CC)CC)cc4)nc3s2)cc1. The van der Waals surface area contributed by atoms with Gasteiger partial charge in [-0.25, -0.2) is 9.78 Å². The molecule has 0 atom stereocenters. The molecule has 9 nitrogen and oxygen atoms in total. The number of hydrogen-bond donors (Lipinski definition) is 0. The van der Waals surface area contributed by atoms with Crippen LogP contribution in [0.15, 0.2) is 87.7 Å². The number of thiophene rings is 1. The van der Waals surface area contributed by atoms with Gasteiger partial charge in [-0.15, -0.1) is 20.5 Å².